The number of likely N-dealkylation sites (tertiary alicyclic amines) is 2. The summed E-state index contributed by atoms with van der Waals surface area (Å²) < 4.78 is 0. The molecule has 3 rings (SSSR count). The minimum Gasteiger partial charge on any atom is -0.334 e. The molecule has 0 aromatic heterocycles. The maximum Gasteiger partial charge on any atom is 0.254 e. The predicted octanol–water partition coefficient (Wildman–Crippen LogP) is 3.73. The van der Waals surface area contributed by atoms with Crippen LogP contribution in [0.2, 0.25) is 0 Å². The molecule has 3 heteroatoms. The quantitative estimate of drug-likeness (QED) is 0.799. The van der Waals surface area contributed by atoms with Crippen molar-refractivity contribution in [2.45, 2.75) is 57.9 Å². The summed E-state index contributed by atoms with van der Waals surface area (Å²) in [7, 11) is 0. The van der Waals surface area contributed by atoms with Gasteiger partial charge in [-0.3, -0.25) is 4.79 Å². The van der Waals surface area contributed by atoms with E-state index in [1.165, 1.54) is 44.3 Å². The molecule has 2 aliphatic heterocycles. The molecule has 1 atom stereocenters. The SMILES string of the molecule is CCCCc1ccc(C(=O)N2CCC[C@H]2CN2CCCC2)cc1. The molecule has 0 spiro atoms. The third kappa shape index (κ3) is 4.14. The number of unbranched alkanes of at least 4 members (excludes halogenated alkanes) is 1. The Bertz CT molecular complexity index is 505. The van der Waals surface area contributed by atoms with Crippen LogP contribution in [0.15, 0.2) is 24.3 Å². The van der Waals surface area contributed by atoms with Crippen molar-refractivity contribution in [2.24, 2.45) is 0 Å². The van der Waals surface area contributed by atoms with Gasteiger partial charge in [0.05, 0.1) is 0 Å². The second-order valence-corrected chi connectivity index (χ2v) is 7.10. The van der Waals surface area contributed by atoms with Crippen LogP contribution in [-0.4, -0.2) is 47.9 Å². The van der Waals surface area contributed by atoms with Crippen LogP contribution in [0.4, 0.5) is 0 Å². The molecule has 0 unspecified atom stereocenters. The molecule has 0 N–H and O–H groups in total. The molecular weight excluding hydrogens is 284 g/mol. The number of benzene rings is 1. The van der Waals surface area contributed by atoms with Gasteiger partial charge in [0.2, 0.25) is 0 Å². The van der Waals surface area contributed by atoms with Crippen LogP contribution in [-0.2, 0) is 6.42 Å². The van der Waals surface area contributed by atoms with E-state index >= 15 is 0 Å². The highest BCUT2D eigenvalue weighted by Gasteiger charge is 2.31. The summed E-state index contributed by atoms with van der Waals surface area (Å²) in [4.78, 5) is 17.5. The van der Waals surface area contributed by atoms with Crippen molar-refractivity contribution in [3.63, 3.8) is 0 Å². The molecule has 0 aliphatic carbocycles. The number of hydrogen-bond donors (Lipinski definition) is 0. The van der Waals surface area contributed by atoms with E-state index < -0.39 is 0 Å². The second kappa shape index (κ2) is 7.96. The van der Waals surface area contributed by atoms with Crippen LogP contribution >= 0.6 is 0 Å². The van der Waals surface area contributed by atoms with Crippen LogP contribution in [0.3, 0.4) is 0 Å². The number of hydrogen-bond acceptors (Lipinski definition) is 2. The van der Waals surface area contributed by atoms with Crippen molar-refractivity contribution in [3.05, 3.63) is 35.4 Å². The van der Waals surface area contributed by atoms with Gasteiger partial charge in [0.1, 0.15) is 0 Å². The van der Waals surface area contributed by atoms with E-state index in [9.17, 15) is 4.79 Å². The van der Waals surface area contributed by atoms with E-state index in [0.29, 0.717) is 6.04 Å². The van der Waals surface area contributed by atoms with Crippen molar-refractivity contribution >= 4 is 5.91 Å². The van der Waals surface area contributed by atoms with E-state index in [1.807, 2.05) is 12.1 Å². The van der Waals surface area contributed by atoms with Crippen LogP contribution in [0, 0.1) is 0 Å². The molecule has 0 saturated carbocycles. The Morgan fingerprint density at radius 3 is 2.52 bits per heavy atom. The summed E-state index contributed by atoms with van der Waals surface area (Å²) >= 11 is 0. The summed E-state index contributed by atoms with van der Waals surface area (Å²) in [5.41, 5.74) is 2.21. The lowest BCUT2D eigenvalue weighted by atomic mass is 10.1. The number of carbonyl (C=O) groups excluding carboxylic acids is 1. The van der Waals surface area contributed by atoms with Crippen molar-refractivity contribution in [1.29, 1.82) is 0 Å². The smallest absolute Gasteiger partial charge is 0.254 e. The zero-order valence-electron chi connectivity index (χ0n) is 14.5. The fourth-order valence-electron chi connectivity index (χ4n) is 3.92. The summed E-state index contributed by atoms with van der Waals surface area (Å²) in [6, 6.07) is 8.74. The van der Waals surface area contributed by atoms with E-state index in [-0.39, 0.29) is 5.91 Å². The highest BCUT2D eigenvalue weighted by Crippen LogP contribution is 2.23. The predicted molar refractivity (Wildman–Crippen MR) is 94.8 cm³/mol. The number of rotatable bonds is 6. The molecule has 1 aromatic carbocycles. The van der Waals surface area contributed by atoms with Gasteiger partial charge in [0.25, 0.3) is 5.91 Å². The van der Waals surface area contributed by atoms with Crippen molar-refractivity contribution in [2.75, 3.05) is 26.2 Å². The fraction of sp³-hybridized carbons (Fsp3) is 0.650. The normalized spacial score (nSPS) is 22.0. The molecule has 2 aliphatic rings. The van der Waals surface area contributed by atoms with Gasteiger partial charge in [0.15, 0.2) is 0 Å². The highest BCUT2D eigenvalue weighted by molar-refractivity contribution is 5.94. The molecular formula is C20H30N2O. The Balaban J connectivity index is 1.61. The number of carbonyl (C=O) groups is 1. The average Bonchev–Trinajstić information content (AvgIpc) is 3.25. The monoisotopic (exact) mass is 314 g/mol. The van der Waals surface area contributed by atoms with Crippen LogP contribution < -0.4 is 0 Å². The fourth-order valence-corrected chi connectivity index (χ4v) is 3.92. The number of aryl methyl sites for hydroxylation is 1. The van der Waals surface area contributed by atoms with Crippen molar-refractivity contribution in [3.8, 4) is 0 Å². The highest BCUT2D eigenvalue weighted by atomic mass is 16.2. The van der Waals surface area contributed by atoms with Gasteiger partial charge in [-0.2, -0.15) is 0 Å². The Morgan fingerprint density at radius 2 is 1.83 bits per heavy atom. The molecule has 2 fully saturated rings. The molecule has 2 heterocycles. The molecule has 3 nitrogen and oxygen atoms in total. The second-order valence-electron chi connectivity index (χ2n) is 7.10. The van der Waals surface area contributed by atoms with Gasteiger partial charge in [-0.1, -0.05) is 25.5 Å². The van der Waals surface area contributed by atoms with Gasteiger partial charge in [-0.25, -0.2) is 0 Å². The van der Waals surface area contributed by atoms with Crippen LogP contribution in [0.1, 0.15) is 61.4 Å². The summed E-state index contributed by atoms with van der Waals surface area (Å²) in [5, 5.41) is 0. The van der Waals surface area contributed by atoms with E-state index in [1.54, 1.807) is 0 Å². The topological polar surface area (TPSA) is 23.6 Å². The zero-order chi connectivity index (χ0) is 16.1. The third-order valence-electron chi connectivity index (χ3n) is 5.33. The molecule has 23 heavy (non-hydrogen) atoms. The molecule has 0 bridgehead atoms. The van der Waals surface area contributed by atoms with Crippen LogP contribution in [0.25, 0.3) is 0 Å². The first-order chi connectivity index (χ1) is 11.3. The first-order valence-corrected chi connectivity index (χ1v) is 9.40. The maximum absolute atomic E-state index is 12.9. The third-order valence-corrected chi connectivity index (χ3v) is 5.33. The molecule has 126 valence electrons. The van der Waals surface area contributed by atoms with Crippen molar-refractivity contribution in [1.82, 2.24) is 9.80 Å². The number of nitrogens with zero attached hydrogens (tertiary/aromatic N) is 2. The van der Waals surface area contributed by atoms with Gasteiger partial charge in [-0.05, 0) is 69.3 Å². The first-order valence-electron chi connectivity index (χ1n) is 9.40. The van der Waals surface area contributed by atoms with E-state index in [0.717, 1.165) is 37.9 Å². The standard InChI is InChI=1S/C20H30N2O/c1-2-3-7-17-9-11-18(12-10-17)20(23)22-15-6-8-19(22)16-21-13-4-5-14-21/h9-12,19H,2-8,13-16H2,1H3/t19-/m0/s1. The Labute approximate surface area is 140 Å². The van der Waals surface area contributed by atoms with E-state index in [2.05, 4.69) is 28.9 Å². The Kier molecular flexibility index (Phi) is 5.71. The lowest BCUT2D eigenvalue weighted by Gasteiger charge is -2.28. The van der Waals surface area contributed by atoms with Gasteiger partial charge < -0.3 is 9.80 Å². The number of amides is 1. The average molecular weight is 314 g/mol. The molecule has 1 aromatic rings. The minimum absolute atomic E-state index is 0.230. The lowest BCUT2D eigenvalue weighted by Crippen LogP contribution is -2.42. The Hall–Kier alpha value is -1.35. The molecule has 2 saturated heterocycles. The lowest BCUT2D eigenvalue weighted by molar-refractivity contribution is 0.0709. The van der Waals surface area contributed by atoms with E-state index in [4.69, 9.17) is 0 Å². The van der Waals surface area contributed by atoms with Gasteiger partial charge >= 0.3 is 0 Å². The molecule has 1 amide bonds. The maximum atomic E-state index is 12.9. The first kappa shape index (κ1) is 16.5. The van der Waals surface area contributed by atoms with Gasteiger partial charge in [-0.15, -0.1) is 0 Å². The summed E-state index contributed by atoms with van der Waals surface area (Å²) in [5.74, 6) is 0.230. The van der Waals surface area contributed by atoms with Crippen molar-refractivity contribution < 1.29 is 4.79 Å². The summed E-state index contributed by atoms with van der Waals surface area (Å²) in [6.07, 6.45) is 8.51. The Morgan fingerprint density at radius 1 is 1.09 bits per heavy atom. The molecule has 0 radical (unpaired) electrons. The van der Waals surface area contributed by atoms with Crippen LogP contribution in [0.5, 0.6) is 0 Å². The van der Waals surface area contributed by atoms with Gasteiger partial charge in [0, 0.05) is 24.7 Å². The minimum atomic E-state index is 0.230. The largest absolute Gasteiger partial charge is 0.334 e. The summed E-state index contributed by atoms with van der Waals surface area (Å²) in [6.45, 7) is 6.64. The zero-order valence-corrected chi connectivity index (χ0v) is 14.5.